The quantitative estimate of drug-likeness (QED) is 0.440. The van der Waals surface area contributed by atoms with E-state index in [1.54, 1.807) is 14.1 Å². The molecule has 0 unspecified atom stereocenters. The van der Waals surface area contributed by atoms with Gasteiger partial charge in [0, 0.05) is 2.74 Å². The molecule has 0 atom stereocenters. The third-order valence-corrected chi connectivity index (χ3v) is 0.447. The number of hydrogen-bond acceptors (Lipinski definition) is 1. The van der Waals surface area contributed by atoms with Gasteiger partial charge in [-0.25, -0.2) is 0 Å². The highest BCUT2D eigenvalue weighted by Gasteiger charge is 1.72. The summed E-state index contributed by atoms with van der Waals surface area (Å²) < 4.78 is 14.0. The average Bonchev–Trinajstić information content (AvgIpc) is 1.31. The first-order valence-electron chi connectivity index (χ1n) is 2.62. The van der Waals surface area contributed by atoms with E-state index in [2.05, 4.69) is 0 Å². The highest BCUT2D eigenvalue weighted by molar-refractivity contribution is 4.25. The van der Waals surface area contributed by atoms with Gasteiger partial charge < -0.3 is 4.90 Å². The molecule has 32 valence electrons. The molecule has 0 heterocycles. The van der Waals surface area contributed by atoms with E-state index in [9.17, 15) is 0 Å². The molecule has 0 radical (unpaired) electrons. The zero-order valence-electron chi connectivity index (χ0n) is 5.95. The van der Waals surface area contributed by atoms with E-state index in [1.165, 1.54) is 11.8 Å². The van der Waals surface area contributed by atoms with E-state index in [1.807, 2.05) is 0 Å². The lowest BCUT2D eigenvalue weighted by atomic mass is 10.7. The number of rotatable bonds is 1. The molecule has 0 aliphatic rings. The lowest BCUT2D eigenvalue weighted by Crippen LogP contribution is -2.08. The third kappa shape index (κ3) is 3.96. The van der Waals surface area contributed by atoms with Crippen LogP contribution < -0.4 is 0 Å². The van der Waals surface area contributed by atoms with Crippen molar-refractivity contribution in [1.29, 1.82) is 0 Å². The van der Waals surface area contributed by atoms with Crippen molar-refractivity contribution in [3.8, 4) is 0 Å². The summed E-state index contributed by atoms with van der Waals surface area (Å²) in [6.07, 6.45) is 0. The summed E-state index contributed by atoms with van der Waals surface area (Å²) in [5.41, 5.74) is 0. The highest BCUT2D eigenvalue weighted by atomic mass is 15.0. The maximum atomic E-state index is 6.98. The summed E-state index contributed by atoms with van der Waals surface area (Å²) in [4.78, 5) is 1.52. The van der Waals surface area contributed by atoms with Crippen molar-refractivity contribution in [2.24, 2.45) is 0 Å². The average molecular weight is 75.2 g/mol. The van der Waals surface area contributed by atoms with Gasteiger partial charge in [0.2, 0.25) is 0 Å². The Morgan fingerprint density at radius 3 is 2.00 bits per heavy atom. The second kappa shape index (κ2) is 2.21. The van der Waals surface area contributed by atoms with Crippen LogP contribution in [0.2, 0.25) is 0 Å². The summed E-state index contributed by atoms with van der Waals surface area (Å²) in [5, 5.41) is 0. The van der Waals surface area contributed by atoms with E-state index in [4.69, 9.17) is 2.74 Å². The Balaban J connectivity index is 3.54. The van der Waals surface area contributed by atoms with Crippen molar-refractivity contribution in [2.45, 2.75) is 6.92 Å². The van der Waals surface area contributed by atoms with E-state index < -0.39 is 6.50 Å². The normalized spacial score (nSPS) is 18.4. The SMILES string of the molecule is [2H]C([2H])(C)N(C)C. The first-order valence-corrected chi connectivity index (χ1v) is 1.62. The molecule has 0 aromatic heterocycles. The van der Waals surface area contributed by atoms with Crippen LogP contribution >= 0.6 is 0 Å². The lowest BCUT2D eigenvalue weighted by molar-refractivity contribution is 0.434. The first-order chi connectivity index (χ1) is 2.94. The summed E-state index contributed by atoms with van der Waals surface area (Å²) in [6, 6.07) is 0. The van der Waals surface area contributed by atoms with Crippen molar-refractivity contribution >= 4 is 0 Å². The minimum Gasteiger partial charge on any atom is -0.310 e. The molecular formula is C4H11N. The van der Waals surface area contributed by atoms with Gasteiger partial charge in [0.05, 0.1) is 0 Å². The monoisotopic (exact) mass is 75.1 g/mol. The molecule has 0 saturated carbocycles. The molecular weight excluding hydrogens is 62.1 g/mol. The molecule has 0 aromatic rings. The number of nitrogens with zero attached hydrogens (tertiary/aromatic N) is 1. The van der Waals surface area contributed by atoms with Crippen molar-refractivity contribution in [1.82, 2.24) is 4.90 Å². The Hall–Kier alpha value is -0.0400. The van der Waals surface area contributed by atoms with Crippen LogP contribution in [0.25, 0.3) is 0 Å². The minimum absolute atomic E-state index is 1.17. The largest absolute Gasteiger partial charge is 0.310 e. The summed E-state index contributed by atoms with van der Waals surface area (Å²) in [7, 11) is 3.42. The van der Waals surface area contributed by atoms with Gasteiger partial charge in [-0.1, -0.05) is 6.92 Å². The van der Waals surface area contributed by atoms with Crippen molar-refractivity contribution in [3.63, 3.8) is 0 Å². The predicted octanol–water partition coefficient (Wildman–Crippen LogP) is 0.568. The Morgan fingerprint density at radius 1 is 1.80 bits per heavy atom. The smallest absolute Gasteiger partial charge is 0.0427 e. The molecule has 0 rings (SSSR count). The van der Waals surface area contributed by atoms with Crippen LogP contribution in [0.5, 0.6) is 0 Å². The maximum absolute atomic E-state index is 6.98. The van der Waals surface area contributed by atoms with Crippen molar-refractivity contribution in [3.05, 3.63) is 0 Å². The molecule has 1 nitrogen and oxygen atoms in total. The topological polar surface area (TPSA) is 3.24 Å². The van der Waals surface area contributed by atoms with Gasteiger partial charge in [-0.15, -0.1) is 0 Å². The Kier molecular flexibility index (Phi) is 0.969. The second-order valence-corrected chi connectivity index (χ2v) is 1.12. The van der Waals surface area contributed by atoms with Crippen LogP contribution in [-0.4, -0.2) is 25.5 Å². The molecule has 1 heteroatoms. The zero-order chi connectivity index (χ0) is 6.08. The zero-order valence-corrected chi connectivity index (χ0v) is 3.95. The fraction of sp³-hybridized carbons (Fsp3) is 1.00. The van der Waals surface area contributed by atoms with Crippen LogP contribution in [0.1, 0.15) is 9.67 Å². The van der Waals surface area contributed by atoms with Crippen LogP contribution in [0, 0.1) is 0 Å². The number of hydrogen-bond donors (Lipinski definition) is 0. The fourth-order valence-corrected chi connectivity index (χ4v) is 0. The van der Waals surface area contributed by atoms with E-state index in [-0.39, 0.29) is 0 Å². The van der Waals surface area contributed by atoms with Crippen LogP contribution in [0.15, 0.2) is 0 Å². The van der Waals surface area contributed by atoms with Gasteiger partial charge in [0.25, 0.3) is 0 Å². The fourth-order valence-electron chi connectivity index (χ4n) is 0. The molecule has 0 spiro atoms. The molecule has 0 amide bonds. The Labute approximate surface area is 36.4 Å². The van der Waals surface area contributed by atoms with Crippen molar-refractivity contribution in [2.75, 3.05) is 20.6 Å². The van der Waals surface area contributed by atoms with Gasteiger partial charge in [0.1, 0.15) is 0 Å². The summed E-state index contributed by atoms with van der Waals surface area (Å²) >= 11 is 0. The highest BCUT2D eigenvalue weighted by Crippen LogP contribution is 1.63. The van der Waals surface area contributed by atoms with Gasteiger partial charge in [0.15, 0.2) is 0 Å². The second-order valence-electron chi connectivity index (χ2n) is 1.12. The van der Waals surface area contributed by atoms with E-state index in [0.717, 1.165) is 0 Å². The van der Waals surface area contributed by atoms with Gasteiger partial charge in [-0.2, -0.15) is 0 Å². The minimum atomic E-state index is -1.17. The van der Waals surface area contributed by atoms with Crippen LogP contribution in [-0.2, 0) is 0 Å². The predicted molar refractivity (Wildman–Crippen MR) is 24.2 cm³/mol. The van der Waals surface area contributed by atoms with Crippen LogP contribution in [0.3, 0.4) is 0 Å². The molecule has 0 aliphatic heterocycles. The maximum Gasteiger partial charge on any atom is 0.0427 e. The molecule has 0 aliphatic carbocycles. The molecule has 0 bridgehead atoms. The van der Waals surface area contributed by atoms with Crippen molar-refractivity contribution < 1.29 is 2.74 Å². The van der Waals surface area contributed by atoms with Crippen LogP contribution in [0.4, 0.5) is 0 Å². The van der Waals surface area contributed by atoms with Gasteiger partial charge in [-0.05, 0) is 20.6 Å². The standard InChI is InChI=1S/C4H11N/c1-4-5(2)3/h4H2,1-3H3/i4D2. The molecule has 0 N–H and O–H groups in total. The van der Waals surface area contributed by atoms with Gasteiger partial charge >= 0.3 is 0 Å². The molecule has 0 fully saturated rings. The summed E-state index contributed by atoms with van der Waals surface area (Å²) in [5.74, 6) is 0. The summed E-state index contributed by atoms with van der Waals surface area (Å²) in [6.45, 7) is 0.354. The van der Waals surface area contributed by atoms with Gasteiger partial charge in [-0.3, -0.25) is 0 Å². The van der Waals surface area contributed by atoms with E-state index >= 15 is 0 Å². The first kappa shape index (κ1) is 2.19. The molecule has 0 saturated heterocycles. The third-order valence-electron chi connectivity index (χ3n) is 0.447. The Morgan fingerprint density at radius 2 is 2.00 bits per heavy atom. The molecule has 5 heavy (non-hydrogen) atoms. The van der Waals surface area contributed by atoms with E-state index in [0.29, 0.717) is 0 Å². The lowest BCUT2D eigenvalue weighted by Gasteiger charge is -2.00. The Bertz CT molecular complexity index is 55.2. The molecule has 0 aromatic carbocycles.